The molecule has 0 aromatic rings. The van der Waals surface area contributed by atoms with Gasteiger partial charge in [0.15, 0.2) is 0 Å². The van der Waals surface area contributed by atoms with Crippen LogP contribution < -0.4 is 0 Å². The van der Waals surface area contributed by atoms with Crippen LogP contribution >= 0.6 is 15.9 Å². The van der Waals surface area contributed by atoms with E-state index in [1.807, 2.05) is 4.99 Å². The van der Waals surface area contributed by atoms with Gasteiger partial charge in [-0.3, -0.25) is 0 Å². The van der Waals surface area contributed by atoms with E-state index in [0.29, 0.717) is 0 Å². The number of halogens is 1. The molecule has 1 rings (SSSR count). The zero-order valence-electron chi connectivity index (χ0n) is 6.15. The monoisotopic (exact) mass is 200 g/mol. The second-order valence-electron chi connectivity index (χ2n) is 2.70. The highest BCUT2D eigenvalue weighted by atomic mass is 79.9. The van der Waals surface area contributed by atoms with Gasteiger partial charge in [-0.2, -0.15) is 0 Å². The summed E-state index contributed by atoms with van der Waals surface area (Å²) in [5.74, 6) is 0. The molecule has 0 N–H and O–H groups in total. The maximum absolute atomic E-state index is 3.25. The summed E-state index contributed by atoms with van der Waals surface area (Å²) >= 11 is 3.25. The van der Waals surface area contributed by atoms with E-state index in [1.54, 1.807) is 5.57 Å². The van der Waals surface area contributed by atoms with E-state index in [4.69, 9.17) is 0 Å². The first-order valence-corrected chi connectivity index (χ1v) is 4.80. The van der Waals surface area contributed by atoms with E-state index in [-0.39, 0.29) is 0 Å². The molecule has 0 atom stereocenters. The first-order valence-electron chi connectivity index (χ1n) is 3.88. The third-order valence-electron chi connectivity index (χ3n) is 1.90. The Kier molecular flexibility index (Phi) is 3.81. The Morgan fingerprint density at radius 2 is 1.80 bits per heavy atom. The molecule has 0 saturated heterocycles. The van der Waals surface area contributed by atoms with Crippen LogP contribution in [0.15, 0.2) is 22.7 Å². The van der Waals surface area contributed by atoms with Crippen molar-refractivity contribution in [1.29, 1.82) is 0 Å². The van der Waals surface area contributed by atoms with Crippen LogP contribution in [0.5, 0.6) is 0 Å². The Hall–Kier alpha value is -0.0400. The third kappa shape index (κ3) is 2.70. The zero-order chi connectivity index (χ0) is 7.23. The van der Waals surface area contributed by atoms with E-state index in [9.17, 15) is 0 Å². The van der Waals surface area contributed by atoms with Crippen molar-refractivity contribution in [2.24, 2.45) is 0 Å². The molecule has 0 spiro atoms. The van der Waals surface area contributed by atoms with Gasteiger partial charge in [-0.05, 0) is 30.7 Å². The fourth-order valence-electron chi connectivity index (χ4n) is 1.35. The lowest BCUT2D eigenvalue weighted by Crippen LogP contribution is -1.92. The van der Waals surface area contributed by atoms with E-state index in [0.717, 1.165) is 0 Å². The van der Waals surface area contributed by atoms with Crippen molar-refractivity contribution in [3.63, 3.8) is 0 Å². The van der Waals surface area contributed by atoms with Crippen molar-refractivity contribution < 1.29 is 0 Å². The van der Waals surface area contributed by atoms with E-state index in [2.05, 4.69) is 28.1 Å². The van der Waals surface area contributed by atoms with Gasteiger partial charge >= 0.3 is 0 Å². The van der Waals surface area contributed by atoms with E-state index in [1.165, 1.54) is 32.1 Å². The van der Waals surface area contributed by atoms with E-state index < -0.39 is 0 Å². The minimum absolute atomic E-state index is 1.32. The van der Waals surface area contributed by atoms with Gasteiger partial charge in [0.25, 0.3) is 0 Å². The maximum atomic E-state index is 3.25. The second kappa shape index (κ2) is 4.73. The van der Waals surface area contributed by atoms with Crippen molar-refractivity contribution in [2.75, 3.05) is 0 Å². The summed E-state index contributed by atoms with van der Waals surface area (Å²) in [6.45, 7) is 0. The summed E-state index contributed by atoms with van der Waals surface area (Å²) in [5.41, 5.74) is 1.61. The normalized spacial score (nSPS) is 19.9. The fourth-order valence-corrected chi connectivity index (χ4v) is 1.50. The molecular weight excluding hydrogens is 188 g/mol. The first-order chi connectivity index (χ1) is 4.93. The average Bonchev–Trinajstić information content (AvgIpc) is 2.03. The molecule has 1 saturated carbocycles. The van der Waals surface area contributed by atoms with Crippen LogP contribution in [0.25, 0.3) is 0 Å². The smallest absolute Gasteiger partial charge is 0.0189 e. The summed E-state index contributed by atoms with van der Waals surface area (Å²) in [6.07, 6.45) is 11.1. The summed E-state index contributed by atoms with van der Waals surface area (Å²) in [5, 5.41) is 0. The van der Waals surface area contributed by atoms with Gasteiger partial charge in [-0.25, -0.2) is 0 Å². The Balaban J connectivity index is 2.37. The number of hydrogen-bond donors (Lipinski definition) is 0. The molecule has 0 heterocycles. The number of rotatable bonds is 1. The molecular formula is C9H13Br. The molecule has 10 heavy (non-hydrogen) atoms. The molecule has 0 nitrogen and oxygen atoms in total. The number of hydrogen-bond acceptors (Lipinski definition) is 0. The van der Waals surface area contributed by atoms with Gasteiger partial charge in [0, 0.05) is 0 Å². The quantitative estimate of drug-likeness (QED) is 0.605. The lowest BCUT2D eigenvalue weighted by Gasteiger charge is -2.11. The molecule has 0 aliphatic heterocycles. The van der Waals surface area contributed by atoms with Crippen LogP contribution in [-0.4, -0.2) is 0 Å². The van der Waals surface area contributed by atoms with Crippen molar-refractivity contribution >= 4 is 15.9 Å². The van der Waals surface area contributed by atoms with Crippen LogP contribution in [0.2, 0.25) is 0 Å². The van der Waals surface area contributed by atoms with Crippen LogP contribution in [0.1, 0.15) is 32.1 Å². The Morgan fingerprint density at radius 3 is 2.40 bits per heavy atom. The van der Waals surface area contributed by atoms with Gasteiger partial charge in [0.1, 0.15) is 0 Å². The molecule has 0 bridgehead atoms. The van der Waals surface area contributed by atoms with Gasteiger partial charge in [0.05, 0.1) is 0 Å². The van der Waals surface area contributed by atoms with Gasteiger partial charge in [-0.15, -0.1) is 0 Å². The lowest BCUT2D eigenvalue weighted by atomic mass is 9.95. The van der Waals surface area contributed by atoms with Crippen molar-refractivity contribution in [3.8, 4) is 0 Å². The minimum atomic E-state index is 1.32. The maximum Gasteiger partial charge on any atom is -0.0189 e. The van der Waals surface area contributed by atoms with Crippen molar-refractivity contribution in [3.05, 3.63) is 22.7 Å². The molecule has 1 fully saturated rings. The molecule has 0 aromatic heterocycles. The molecule has 0 amide bonds. The third-order valence-corrected chi connectivity index (χ3v) is 2.21. The SMILES string of the molecule is Br/C=C\C=C1CCCCC1. The van der Waals surface area contributed by atoms with E-state index >= 15 is 0 Å². The lowest BCUT2D eigenvalue weighted by molar-refractivity contribution is 0.599. The zero-order valence-corrected chi connectivity index (χ0v) is 7.73. The molecule has 1 aliphatic rings. The molecule has 56 valence electrons. The standard InChI is InChI=1S/C9H13Br/c10-8-4-7-9-5-2-1-3-6-9/h4,7-8H,1-3,5-6H2/b8-4-. The summed E-state index contributed by atoms with van der Waals surface area (Å²) in [6, 6.07) is 0. The predicted octanol–water partition coefficient (Wildman–Crippen LogP) is 3.79. The largest absolute Gasteiger partial charge is 0.0702 e. The molecule has 1 aliphatic carbocycles. The van der Waals surface area contributed by atoms with Gasteiger partial charge < -0.3 is 0 Å². The minimum Gasteiger partial charge on any atom is -0.0702 e. The van der Waals surface area contributed by atoms with Crippen molar-refractivity contribution in [2.45, 2.75) is 32.1 Å². The average molecular weight is 201 g/mol. The predicted molar refractivity (Wildman–Crippen MR) is 49.2 cm³/mol. The molecule has 0 aromatic carbocycles. The van der Waals surface area contributed by atoms with Crippen LogP contribution in [0.4, 0.5) is 0 Å². The topological polar surface area (TPSA) is 0 Å². The molecule has 0 unspecified atom stereocenters. The van der Waals surface area contributed by atoms with Crippen molar-refractivity contribution in [1.82, 2.24) is 0 Å². The summed E-state index contributed by atoms with van der Waals surface area (Å²) < 4.78 is 0. The number of allylic oxidation sites excluding steroid dienone is 3. The van der Waals surface area contributed by atoms with Crippen LogP contribution in [0.3, 0.4) is 0 Å². The Labute approximate surface area is 71.1 Å². The van der Waals surface area contributed by atoms with Gasteiger partial charge in [0.2, 0.25) is 0 Å². The Bertz CT molecular complexity index is 137. The highest BCUT2D eigenvalue weighted by Crippen LogP contribution is 2.22. The molecule has 1 heteroatoms. The first kappa shape index (κ1) is 8.06. The molecule has 0 radical (unpaired) electrons. The summed E-state index contributed by atoms with van der Waals surface area (Å²) in [7, 11) is 0. The second-order valence-corrected chi connectivity index (χ2v) is 3.23. The summed E-state index contributed by atoms with van der Waals surface area (Å²) in [4.78, 5) is 1.91. The van der Waals surface area contributed by atoms with Gasteiger partial charge in [-0.1, -0.05) is 40.1 Å². The highest BCUT2D eigenvalue weighted by molar-refractivity contribution is 9.11. The van der Waals surface area contributed by atoms with Crippen LogP contribution in [0, 0.1) is 0 Å². The fraction of sp³-hybridized carbons (Fsp3) is 0.556. The Morgan fingerprint density at radius 1 is 1.10 bits per heavy atom. The highest BCUT2D eigenvalue weighted by Gasteiger charge is 2.02. The van der Waals surface area contributed by atoms with Crippen LogP contribution in [-0.2, 0) is 0 Å².